The molecule has 2 aromatic rings. The molecule has 0 radical (unpaired) electrons. The average molecular weight is 371 g/mol. The molecule has 1 amide bonds. The Labute approximate surface area is 158 Å². The molecule has 0 saturated heterocycles. The second kappa shape index (κ2) is 7.06. The average Bonchev–Trinajstić information content (AvgIpc) is 3.32. The summed E-state index contributed by atoms with van der Waals surface area (Å²) in [4.78, 5) is 24.6. The summed E-state index contributed by atoms with van der Waals surface area (Å²) in [5.41, 5.74) is -0.314. The molecule has 1 heterocycles. The maximum atomic E-state index is 13.2. The first-order valence-corrected chi connectivity index (χ1v) is 9.04. The Morgan fingerprint density at radius 2 is 1.85 bits per heavy atom. The normalized spacial score (nSPS) is 16.1. The van der Waals surface area contributed by atoms with Crippen LogP contribution < -0.4 is 10.1 Å². The molecule has 1 aromatic carbocycles. The van der Waals surface area contributed by atoms with E-state index in [0.29, 0.717) is 5.69 Å². The number of nitrogens with zero attached hydrogens (tertiary/aromatic N) is 2. The minimum Gasteiger partial charge on any atom is -0.497 e. The molecule has 1 aliphatic rings. The van der Waals surface area contributed by atoms with E-state index in [2.05, 4.69) is 10.4 Å². The Morgan fingerprint density at radius 1 is 1.22 bits per heavy atom. The van der Waals surface area contributed by atoms with E-state index >= 15 is 0 Å². The fourth-order valence-electron chi connectivity index (χ4n) is 3.58. The van der Waals surface area contributed by atoms with E-state index in [0.717, 1.165) is 37.0 Å². The number of carboxylic acid groups (broad SMARTS) is 1. The van der Waals surface area contributed by atoms with Crippen molar-refractivity contribution in [3.63, 3.8) is 0 Å². The first-order chi connectivity index (χ1) is 12.8. The molecule has 0 unspecified atom stereocenters. The first kappa shape index (κ1) is 18.9. The topological polar surface area (TPSA) is 93.5 Å². The van der Waals surface area contributed by atoms with Crippen molar-refractivity contribution >= 4 is 17.6 Å². The first-order valence-electron chi connectivity index (χ1n) is 9.04. The lowest BCUT2D eigenvalue weighted by Gasteiger charge is -2.28. The van der Waals surface area contributed by atoms with Crippen molar-refractivity contribution in [1.29, 1.82) is 0 Å². The number of carbonyl (C=O) groups is 2. The van der Waals surface area contributed by atoms with E-state index in [9.17, 15) is 14.7 Å². The van der Waals surface area contributed by atoms with Gasteiger partial charge in [0.15, 0.2) is 5.54 Å². The second-order valence-corrected chi connectivity index (χ2v) is 7.51. The number of hydrogen-bond donors (Lipinski definition) is 2. The summed E-state index contributed by atoms with van der Waals surface area (Å²) < 4.78 is 6.56. The SMILES string of the molecule is COc1ccc(C2(C(=O)Nc3cnn(C(C)(C)C(=O)O)c3)CCCC2)cc1. The molecule has 27 heavy (non-hydrogen) atoms. The number of carbonyl (C=O) groups excluding carboxylic acids is 1. The zero-order valence-corrected chi connectivity index (χ0v) is 15.9. The van der Waals surface area contributed by atoms with Crippen LogP contribution in [0, 0.1) is 0 Å². The van der Waals surface area contributed by atoms with Crippen molar-refractivity contribution in [3.05, 3.63) is 42.2 Å². The summed E-state index contributed by atoms with van der Waals surface area (Å²) in [5.74, 6) is -0.323. The van der Waals surface area contributed by atoms with E-state index in [1.54, 1.807) is 27.2 Å². The van der Waals surface area contributed by atoms with E-state index in [1.807, 2.05) is 24.3 Å². The lowest BCUT2D eigenvalue weighted by atomic mass is 9.78. The highest BCUT2D eigenvalue weighted by Gasteiger charge is 2.43. The zero-order valence-electron chi connectivity index (χ0n) is 15.9. The van der Waals surface area contributed by atoms with E-state index in [4.69, 9.17) is 4.74 Å². The predicted molar refractivity (Wildman–Crippen MR) is 101 cm³/mol. The number of rotatable bonds is 6. The molecule has 7 heteroatoms. The van der Waals surface area contributed by atoms with Crippen LogP contribution in [0.2, 0.25) is 0 Å². The van der Waals surface area contributed by atoms with Gasteiger partial charge in [-0.3, -0.25) is 9.48 Å². The summed E-state index contributed by atoms with van der Waals surface area (Å²) in [5, 5.41) is 16.4. The third-order valence-electron chi connectivity index (χ3n) is 5.47. The van der Waals surface area contributed by atoms with Crippen LogP contribution in [-0.4, -0.2) is 33.9 Å². The van der Waals surface area contributed by atoms with Gasteiger partial charge in [0.2, 0.25) is 5.91 Å². The number of benzene rings is 1. The van der Waals surface area contributed by atoms with Crippen LogP contribution in [0.25, 0.3) is 0 Å². The van der Waals surface area contributed by atoms with E-state index in [1.165, 1.54) is 10.9 Å². The molecular weight excluding hydrogens is 346 g/mol. The summed E-state index contributed by atoms with van der Waals surface area (Å²) >= 11 is 0. The zero-order chi connectivity index (χ0) is 19.7. The Balaban J connectivity index is 1.84. The third-order valence-corrected chi connectivity index (χ3v) is 5.47. The van der Waals surface area contributed by atoms with Gasteiger partial charge in [-0.25, -0.2) is 4.79 Å². The quantitative estimate of drug-likeness (QED) is 0.813. The predicted octanol–water partition coefficient (Wildman–Crippen LogP) is 3.16. The standard InChI is InChI=1S/C20H25N3O4/c1-19(2,18(25)26)23-13-15(12-21-23)22-17(24)20(10-4-5-11-20)14-6-8-16(27-3)9-7-14/h6-9,12-13H,4-5,10-11H2,1-3H3,(H,22,24)(H,25,26). The highest BCUT2D eigenvalue weighted by Crippen LogP contribution is 2.42. The van der Waals surface area contributed by atoms with Crippen LogP contribution >= 0.6 is 0 Å². The van der Waals surface area contributed by atoms with Crippen LogP contribution in [-0.2, 0) is 20.5 Å². The number of ether oxygens (including phenoxy) is 1. The van der Waals surface area contributed by atoms with Gasteiger partial charge in [0.05, 0.1) is 24.4 Å². The highest BCUT2D eigenvalue weighted by molar-refractivity contribution is 5.99. The summed E-state index contributed by atoms with van der Waals surface area (Å²) in [7, 11) is 1.61. The summed E-state index contributed by atoms with van der Waals surface area (Å²) in [6, 6.07) is 7.63. The number of carboxylic acids is 1. The molecule has 0 atom stereocenters. The molecule has 2 N–H and O–H groups in total. The number of aliphatic carboxylic acids is 1. The number of hydrogen-bond acceptors (Lipinski definition) is 4. The summed E-state index contributed by atoms with van der Waals surface area (Å²) in [6.45, 7) is 3.12. The highest BCUT2D eigenvalue weighted by atomic mass is 16.5. The van der Waals surface area contributed by atoms with Gasteiger partial charge in [0.25, 0.3) is 0 Å². The van der Waals surface area contributed by atoms with E-state index < -0.39 is 16.9 Å². The number of nitrogens with one attached hydrogen (secondary N) is 1. The molecular formula is C20H25N3O4. The number of amides is 1. The molecule has 3 rings (SSSR count). The molecule has 0 bridgehead atoms. The van der Waals surface area contributed by atoms with Gasteiger partial charge in [-0.1, -0.05) is 25.0 Å². The Kier molecular flexibility index (Phi) is 4.95. The van der Waals surface area contributed by atoms with Crippen molar-refractivity contribution in [3.8, 4) is 5.75 Å². The molecule has 1 aliphatic carbocycles. The van der Waals surface area contributed by atoms with Crippen molar-refractivity contribution in [2.45, 2.75) is 50.5 Å². The van der Waals surface area contributed by atoms with Crippen LogP contribution in [0.3, 0.4) is 0 Å². The van der Waals surface area contributed by atoms with E-state index in [-0.39, 0.29) is 5.91 Å². The van der Waals surface area contributed by atoms with Gasteiger partial charge in [-0.2, -0.15) is 5.10 Å². The molecule has 0 aliphatic heterocycles. The Hall–Kier alpha value is -2.83. The molecule has 144 valence electrons. The van der Waals surface area contributed by atoms with Crippen molar-refractivity contribution in [1.82, 2.24) is 9.78 Å². The van der Waals surface area contributed by atoms with Gasteiger partial charge in [-0.05, 0) is 44.4 Å². The van der Waals surface area contributed by atoms with Crippen LogP contribution in [0.5, 0.6) is 5.75 Å². The minimum absolute atomic E-state index is 0.0853. The number of anilines is 1. The Morgan fingerprint density at radius 3 is 2.41 bits per heavy atom. The van der Waals surface area contributed by atoms with Crippen molar-refractivity contribution < 1.29 is 19.4 Å². The monoisotopic (exact) mass is 371 g/mol. The maximum absolute atomic E-state index is 13.2. The number of methoxy groups -OCH3 is 1. The lowest BCUT2D eigenvalue weighted by Crippen LogP contribution is -2.38. The van der Waals surface area contributed by atoms with Gasteiger partial charge >= 0.3 is 5.97 Å². The van der Waals surface area contributed by atoms with Crippen LogP contribution in [0.15, 0.2) is 36.7 Å². The van der Waals surface area contributed by atoms with Crippen molar-refractivity contribution in [2.24, 2.45) is 0 Å². The minimum atomic E-state index is -1.19. The largest absolute Gasteiger partial charge is 0.497 e. The molecule has 0 spiro atoms. The second-order valence-electron chi connectivity index (χ2n) is 7.51. The smallest absolute Gasteiger partial charge is 0.331 e. The third kappa shape index (κ3) is 3.41. The molecule has 1 saturated carbocycles. The van der Waals surface area contributed by atoms with Crippen molar-refractivity contribution in [2.75, 3.05) is 12.4 Å². The van der Waals surface area contributed by atoms with Gasteiger partial charge in [-0.15, -0.1) is 0 Å². The summed E-state index contributed by atoms with van der Waals surface area (Å²) in [6.07, 6.45) is 6.58. The maximum Gasteiger partial charge on any atom is 0.331 e. The van der Waals surface area contributed by atoms with Gasteiger partial charge < -0.3 is 15.2 Å². The van der Waals surface area contributed by atoms with Crippen LogP contribution in [0.4, 0.5) is 5.69 Å². The van der Waals surface area contributed by atoms with Gasteiger partial charge in [0.1, 0.15) is 5.75 Å². The molecule has 1 fully saturated rings. The number of aromatic nitrogens is 2. The molecule has 1 aromatic heterocycles. The van der Waals surface area contributed by atoms with Gasteiger partial charge in [0, 0.05) is 6.20 Å². The fraction of sp³-hybridized carbons (Fsp3) is 0.450. The Bertz CT molecular complexity index is 833. The van der Waals surface area contributed by atoms with Crippen LogP contribution in [0.1, 0.15) is 45.1 Å². The lowest BCUT2D eigenvalue weighted by molar-refractivity contribution is -0.146. The molecule has 7 nitrogen and oxygen atoms in total. The fourth-order valence-corrected chi connectivity index (χ4v) is 3.58.